The second kappa shape index (κ2) is 11.2. The summed E-state index contributed by atoms with van der Waals surface area (Å²) < 4.78 is 44.5. The van der Waals surface area contributed by atoms with Gasteiger partial charge in [0.05, 0.1) is 24.5 Å². The Morgan fingerprint density at radius 1 is 1.07 bits per heavy atom. The zero-order chi connectivity index (χ0) is 29.4. The van der Waals surface area contributed by atoms with Crippen LogP contribution in [-0.4, -0.2) is 77.8 Å². The Balaban J connectivity index is 1.25. The van der Waals surface area contributed by atoms with Crippen LogP contribution in [0.5, 0.6) is 0 Å². The fourth-order valence-corrected chi connectivity index (χ4v) is 5.50. The Hall–Kier alpha value is -4.30. The van der Waals surface area contributed by atoms with Crippen molar-refractivity contribution in [3.63, 3.8) is 0 Å². The third kappa shape index (κ3) is 5.72. The standard InChI is InChI=1S/C28H29F3N8O3/c29-28(30,31)18-7-8-33-21(13-18)37-27(41)36-19-5-3-16(4-6-19)22-23(25(40)17-1-2-17)20(14-38-9-11-42-12-10-38)39-24(22)26(32)34-15-35-39/h3-8,13,15,17,22,24H,1-2,9-12,14H2,(H2,32,34,35)(H2,33,36,37,41). The van der Waals surface area contributed by atoms with Crippen LogP contribution in [0.1, 0.15) is 29.9 Å². The Kier molecular flexibility index (Phi) is 7.41. The highest BCUT2D eigenvalue weighted by molar-refractivity contribution is 6.05. The van der Waals surface area contributed by atoms with Gasteiger partial charge in [-0.25, -0.2) is 14.8 Å². The van der Waals surface area contributed by atoms with E-state index in [4.69, 9.17) is 10.5 Å². The molecule has 3 aliphatic heterocycles. The number of carbonyl (C=O) groups is 2. The summed E-state index contributed by atoms with van der Waals surface area (Å²) in [5.74, 6) is -0.245. The molecule has 11 nitrogen and oxygen atoms in total. The van der Waals surface area contributed by atoms with Crippen LogP contribution in [0.15, 0.2) is 64.0 Å². The predicted molar refractivity (Wildman–Crippen MR) is 149 cm³/mol. The van der Waals surface area contributed by atoms with Crippen LogP contribution in [0.4, 0.5) is 29.5 Å². The van der Waals surface area contributed by atoms with E-state index in [-0.39, 0.29) is 17.5 Å². The molecule has 0 bridgehead atoms. The number of pyridine rings is 1. The number of nitrogens with two attached hydrogens (primary N) is 1. The molecule has 1 aromatic carbocycles. The summed E-state index contributed by atoms with van der Waals surface area (Å²) in [5, 5.41) is 11.3. The van der Waals surface area contributed by atoms with Gasteiger partial charge in [-0.05, 0) is 42.7 Å². The number of halogens is 3. The van der Waals surface area contributed by atoms with Crippen LogP contribution in [0.2, 0.25) is 0 Å². The van der Waals surface area contributed by atoms with Crippen LogP contribution < -0.4 is 16.4 Å². The van der Waals surface area contributed by atoms with Crippen molar-refractivity contribution < 1.29 is 27.5 Å². The van der Waals surface area contributed by atoms with Crippen molar-refractivity contribution in [1.29, 1.82) is 0 Å². The summed E-state index contributed by atoms with van der Waals surface area (Å²) >= 11 is 0. The highest BCUT2D eigenvalue weighted by Gasteiger charge is 2.50. The van der Waals surface area contributed by atoms with E-state index in [0.717, 1.165) is 55.5 Å². The molecule has 2 unspecified atom stereocenters. The van der Waals surface area contributed by atoms with Crippen LogP contribution in [0, 0.1) is 5.92 Å². The Morgan fingerprint density at radius 2 is 1.81 bits per heavy atom. The average Bonchev–Trinajstić information content (AvgIpc) is 3.77. The number of rotatable bonds is 7. The van der Waals surface area contributed by atoms with Crippen molar-refractivity contribution in [3.8, 4) is 0 Å². The number of anilines is 2. The van der Waals surface area contributed by atoms with Gasteiger partial charge in [0.2, 0.25) is 0 Å². The number of nitrogens with zero attached hydrogens (tertiary/aromatic N) is 5. The minimum Gasteiger partial charge on any atom is -0.385 e. The highest BCUT2D eigenvalue weighted by atomic mass is 19.4. The molecule has 2 amide bonds. The maximum atomic E-state index is 13.8. The number of aliphatic imine (C=N–C) groups is 1. The van der Waals surface area contributed by atoms with Gasteiger partial charge in [-0.2, -0.15) is 18.3 Å². The van der Waals surface area contributed by atoms with Gasteiger partial charge in [-0.1, -0.05) is 12.1 Å². The number of ether oxygens (including phenoxy) is 1. The topological polar surface area (TPSA) is 138 Å². The fourth-order valence-electron chi connectivity index (χ4n) is 5.50. The lowest BCUT2D eigenvalue weighted by Gasteiger charge is -2.32. The number of fused-ring (bicyclic) bond motifs is 1. The molecule has 6 rings (SSSR count). The summed E-state index contributed by atoms with van der Waals surface area (Å²) in [6.07, 6.45) is -0.497. The lowest BCUT2D eigenvalue weighted by molar-refractivity contribution is -0.137. The van der Waals surface area contributed by atoms with E-state index < -0.39 is 29.7 Å². The van der Waals surface area contributed by atoms with Gasteiger partial charge in [0.25, 0.3) is 0 Å². The first-order chi connectivity index (χ1) is 20.2. The van der Waals surface area contributed by atoms with E-state index in [2.05, 4.69) is 30.6 Å². The maximum Gasteiger partial charge on any atom is 0.416 e. The second-order valence-corrected chi connectivity index (χ2v) is 10.6. The van der Waals surface area contributed by atoms with Crippen molar-refractivity contribution in [2.24, 2.45) is 21.7 Å². The summed E-state index contributed by atoms with van der Waals surface area (Å²) in [4.78, 5) is 36.5. The average molecular weight is 583 g/mol. The lowest BCUT2D eigenvalue weighted by atomic mass is 9.83. The largest absolute Gasteiger partial charge is 0.416 e. The first kappa shape index (κ1) is 27.8. The zero-order valence-electron chi connectivity index (χ0n) is 22.5. The number of hydrazone groups is 1. The quantitative estimate of drug-likeness (QED) is 0.455. The van der Waals surface area contributed by atoms with Gasteiger partial charge in [-0.3, -0.25) is 20.0 Å². The van der Waals surface area contributed by atoms with Crippen LogP contribution in [-0.2, 0) is 15.7 Å². The van der Waals surface area contributed by atoms with Crippen LogP contribution in [0.3, 0.4) is 0 Å². The van der Waals surface area contributed by atoms with Crippen molar-refractivity contribution in [2.45, 2.75) is 31.0 Å². The monoisotopic (exact) mass is 582 g/mol. The molecule has 2 aromatic rings. The molecule has 4 aliphatic rings. The molecule has 4 heterocycles. The minimum atomic E-state index is -4.56. The van der Waals surface area contributed by atoms with Crippen molar-refractivity contribution in [3.05, 3.63) is 65.0 Å². The Bertz CT molecular complexity index is 1460. The van der Waals surface area contributed by atoms with E-state index in [0.29, 0.717) is 36.9 Å². The first-order valence-corrected chi connectivity index (χ1v) is 13.6. The van der Waals surface area contributed by atoms with Gasteiger partial charge in [0.15, 0.2) is 5.78 Å². The lowest BCUT2D eigenvalue weighted by Crippen LogP contribution is -2.46. The molecule has 42 heavy (non-hydrogen) atoms. The van der Waals surface area contributed by atoms with Crippen LogP contribution >= 0.6 is 0 Å². The summed E-state index contributed by atoms with van der Waals surface area (Å²) in [6.45, 7) is 3.24. The molecule has 1 saturated heterocycles. The molecule has 1 aliphatic carbocycles. The van der Waals surface area contributed by atoms with E-state index in [1.54, 1.807) is 24.3 Å². The number of nitrogens with one attached hydrogen (secondary N) is 2. The first-order valence-electron chi connectivity index (χ1n) is 13.6. The molecule has 2 atom stereocenters. The smallest absolute Gasteiger partial charge is 0.385 e. The van der Waals surface area contributed by atoms with Gasteiger partial charge < -0.3 is 15.8 Å². The molecule has 1 aromatic heterocycles. The SMILES string of the molecule is NC1=NC=NN2C(CN3CCOCC3)=C(C(=O)C3CC3)C(c3ccc(NC(=O)Nc4cc(C(F)(F)F)ccn4)cc3)C12. The zero-order valence-corrected chi connectivity index (χ0v) is 22.5. The molecule has 2 fully saturated rings. The summed E-state index contributed by atoms with van der Waals surface area (Å²) in [5.41, 5.74) is 8.18. The number of alkyl halides is 3. The fraction of sp³-hybridized carbons (Fsp3) is 0.393. The molecule has 1 saturated carbocycles. The molecule has 14 heteroatoms. The number of urea groups is 1. The number of carbonyl (C=O) groups excluding carboxylic acids is 2. The summed E-state index contributed by atoms with van der Waals surface area (Å²) in [7, 11) is 0. The number of ketones is 1. The molecular weight excluding hydrogens is 553 g/mol. The van der Waals surface area contributed by atoms with E-state index >= 15 is 0 Å². The van der Waals surface area contributed by atoms with Gasteiger partial charge in [-0.15, -0.1) is 0 Å². The van der Waals surface area contributed by atoms with E-state index in [1.165, 1.54) is 6.34 Å². The van der Waals surface area contributed by atoms with Crippen molar-refractivity contribution >= 4 is 35.5 Å². The predicted octanol–water partition coefficient (Wildman–Crippen LogP) is 3.39. The number of hydrogen-bond donors (Lipinski definition) is 3. The molecular formula is C28H29F3N8O3. The maximum absolute atomic E-state index is 13.8. The Labute approximate surface area is 239 Å². The number of Topliss-reactive ketones (excluding diaryl/α,β-unsaturated/α-hetero) is 1. The van der Waals surface area contributed by atoms with Crippen LogP contribution in [0.25, 0.3) is 0 Å². The number of amidine groups is 1. The van der Waals surface area contributed by atoms with Gasteiger partial charge >= 0.3 is 12.2 Å². The summed E-state index contributed by atoms with van der Waals surface area (Å²) in [6, 6.07) is 7.27. The molecule has 220 valence electrons. The molecule has 4 N–H and O–H groups in total. The van der Waals surface area contributed by atoms with Gasteiger partial charge in [0, 0.05) is 48.9 Å². The van der Waals surface area contributed by atoms with Crippen molar-refractivity contribution in [1.82, 2.24) is 14.9 Å². The number of hydrogen-bond acceptors (Lipinski definition) is 9. The highest BCUT2D eigenvalue weighted by Crippen LogP contribution is 2.47. The third-order valence-corrected chi connectivity index (χ3v) is 7.71. The molecule has 0 radical (unpaired) electrons. The number of morpholine rings is 1. The second-order valence-electron chi connectivity index (χ2n) is 10.6. The van der Waals surface area contributed by atoms with E-state index in [9.17, 15) is 22.8 Å². The normalized spacial score (nSPS) is 22.5. The third-order valence-electron chi connectivity index (χ3n) is 7.71. The number of benzene rings is 1. The Morgan fingerprint density at radius 3 is 2.50 bits per heavy atom. The number of aromatic nitrogens is 1. The molecule has 0 spiro atoms. The van der Waals surface area contributed by atoms with Crippen molar-refractivity contribution in [2.75, 3.05) is 43.5 Å². The number of amides is 2. The van der Waals surface area contributed by atoms with E-state index in [1.807, 2.05) is 5.01 Å². The minimum absolute atomic E-state index is 0.0280. The van der Waals surface area contributed by atoms with Gasteiger partial charge in [0.1, 0.15) is 24.0 Å².